The van der Waals surface area contributed by atoms with Gasteiger partial charge >= 0.3 is 6.03 Å². The number of urea groups is 1. The predicted octanol–water partition coefficient (Wildman–Crippen LogP) is 1.68. The molecule has 2 amide bonds. The molecule has 0 spiro atoms. The van der Waals surface area contributed by atoms with Gasteiger partial charge in [0, 0.05) is 13.6 Å². The van der Waals surface area contributed by atoms with E-state index in [1.54, 1.807) is 19.2 Å². The van der Waals surface area contributed by atoms with Gasteiger partial charge in [-0.1, -0.05) is 12.1 Å². The summed E-state index contributed by atoms with van der Waals surface area (Å²) in [5.74, 6) is -0.274. The van der Waals surface area contributed by atoms with Gasteiger partial charge in [-0.15, -0.1) is 12.4 Å². The van der Waals surface area contributed by atoms with Gasteiger partial charge in [0.25, 0.3) is 0 Å². The molecule has 5 heteroatoms. The topological polar surface area (TPSA) is 41.1 Å². The summed E-state index contributed by atoms with van der Waals surface area (Å²) in [6.45, 7) is 0.403. The van der Waals surface area contributed by atoms with Crippen molar-refractivity contribution < 1.29 is 9.18 Å². The Balaban J connectivity index is 0.00000169. The summed E-state index contributed by atoms with van der Waals surface area (Å²) in [5, 5.41) is 5.02. The van der Waals surface area contributed by atoms with Crippen molar-refractivity contribution in [2.45, 2.75) is 6.54 Å². The SMILES string of the molecule is CNC(=O)NCc1ccc(F)cc1.Cl. The first-order valence-corrected chi connectivity index (χ1v) is 3.92. The van der Waals surface area contributed by atoms with E-state index in [2.05, 4.69) is 10.6 Å². The Bertz CT molecular complexity index is 289. The maximum absolute atomic E-state index is 12.5. The Labute approximate surface area is 88.1 Å². The van der Waals surface area contributed by atoms with Crippen LogP contribution in [-0.2, 0) is 6.54 Å². The lowest BCUT2D eigenvalue weighted by molar-refractivity contribution is 0.242. The molecule has 2 N–H and O–H groups in total. The predicted molar refractivity (Wildman–Crippen MR) is 54.9 cm³/mol. The van der Waals surface area contributed by atoms with E-state index in [1.807, 2.05) is 0 Å². The lowest BCUT2D eigenvalue weighted by Crippen LogP contribution is -2.32. The van der Waals surface area contributed by atoms with Gasteiger partial charge in [-0.3, -0.25) is 0 Å². The third-order valence-electron chi connectivity index (χ3n) is 1.59. The zero-order valence-corrected chi connectivity index (χ0v) is 8.53. The molecule has 3 nitrogen and oxygen atoms in total. The molecule has 0 unspecified atom stereocenters. The fourth-order valence-electron chi connectivity index (χ4n) is 0.873. The van der Waals surface area contributed by atoms with Crippen LogP contribution in [0.3, 0.4) is 0 Å². The van der Waals surface area contributed by atoms with Crippen molar-refractivity contribution in [2.24, 2.45) is 0 Å². The molecule has 1 aromatic carbocycles. The molecule has 0 radical (unpaired) electrons. The average Bonchev–Trinajstić information content (AvgIpc) is 2.16. The molecule has 14 heavy (non-hydrogen) atoms. The molecule has 0 aliphatic rings. The van der Waals surface area contributed by atoms with Crippen LogP contribution in [0.4, 0.5) is 9.18 Å². The van der Waals surface area contributed by atoms with E-state index in [0.717, 1.165) is 5.56 Å². The minimum atomic E-state index is -0.274. The van der Waals surface area contributed by atoms with Gasteiger partial charge in [-0.25, -0.2) is 9.18 Å². The molecule has 0 atom stereocenters. The average molecular weight is 219 g/mol. The second kappa shape index (κ2) is 6.21. The highest BCUT2D eigenvalue weighted by Crippen LogP contribution is 2.01. The normalized spacial score (nSPS) is 8.71. The van der Waals surface area contributed by atoms with Crippen LogP contribution in [0.25, 0.3) is 0 Å². The summed E-state index contributed by atoms with van der Waals surface area (Å²) < 4.78 is 12.5. The van der Waals surface area contributed by atoms with Crippen LogP contribution in [0.15, 0.2) is 24.3 Å². The van der Waals surface area contributed by atoms with Gasteiger partial charge in [0.05, 0.1) is 0 Å². The van der Waals surface area contributed by atoms with E-state index in [9.17, 15) is 9.18 Å². The molecule has 0 fully saturated rings. The van der Waals surface area contributed by atoms with Gasteiger partial charge in [0.15, 0.2) is 0 Å². The zero-order valence-electron chi connectivity index (χ0n) is 7.71. The van der Waals surface area contributed by atoms with Gasteiger partial charge < -0.3 is 10.6 Å². The highest BCUT2D eigenvalue weighted by Gasteiger charge is 1.96. The maximum atomic E-state index is 12.5. The van der Waals surface area contributed by atoms with Gasteiger partial charge in [0.1, 0.15) is 5.82 Å². The third kappa shape index (κ3) is 4.09. The number of hydrogen-bond donors (Lipinski definition) is 2. The summed E-state index contributed by atoms with van der Waals surface area (Å²) in [5.41, 5.74) is 0.866. The fraction of sp³-hybridized carbons (Fsp3) is 0.222. The third-order valence-corrected chi connectivity index (χ3v) is 1.59. The number of halogens is 2. The summed E-state index contributed by atoms with van der Waals surface area (Å²) in [7, 11) is 1.54. The Morgan fingerprint density at radius 2 is 1.93 bits per heavy atom. The largest absolute Gasteiger partial charge is 0.341 e. The van der Waals surface area contributed by atoms with Crippen molar-refractivity contribution >= 4 is 18.4 Å². The molecular formula is C9H12ClFN2O. The molecule has 0 heterocycles. The van der Waals surface area contributed by atoms with Gasteiger partial charge in [-0.05, 0) is 17.7 Å². The van der Waals surface area contributed by atoms with Crippen molar-refractivity contribution in [3.05, 3.63) is 35.6 Å². The summed E-state index contributed by atoms with van der Waals surface area (Å²) in [6.07, 6.45) is 0. The smallest absolute Gasteiger partial charge is 0.314 e. The summed E-state index contributed by atoms with van der Waals surface area (Å²) >= 11 is 0. The van der Waals surface area contributed by atoms with Crippen LogP contribution in [0.1, 0.15) is 5.56 Å². The van der Waals surface area contributed by atoms with Crippen LogP contribution in [0, 0.1) is 5.82 Å². The van der Waals surface area contributed by atoms with Crippen molar-refractivity contribution in [1.29, 1.82) is 0 Å². The number of rotatable bonds is 2. The molecule has 78 valence electrons. The molecule has 0 aliphatic heterocycles. The number of nitrogens with one attached hydrogen (secondary N) is 2. The van der Waals surface area contributed by atoms with E-state index in [4.69, 9.17) is 0 Å². The van der Waals surface area contributed by atoms with E-state index < -0.39 is 0 Å². The van der Waals surface area contributed by atoms with E-state index in [-0.39, 0.29) is 24.3 Å². The first kappa shape index (κ1) is 12.7. The zero-order chi connectivity index (χ0) is 9.68. The number of benzene rings is 1. The minimum absolute atomic E-state index is 0. The highest BCUT2D eigenvalue weighted by molar-refractivity contribution is 5.85. The quantitative estimate of drug-likeness (QED) is 0.779. The highest BCUT2D eigenvalue weighted by atomic mass is 35.5. The van der Waals surface area contributed by atoms with Crippen LogP contribution in [-0.4, -0.2) is 13.1 Å². The molecule has 0 aromatic heterocycles. The standard InChI is InChI=1S/C9H11FN2O.ClH/c1-11-9(13)12-6-7-2-4-8(10)5-3-7;/h2-5H,6H2,1H3,(H2,11,12,13);1H. The van der Waals surface area contributed by atoms with Crippen LogP contribution >= 0.6 is 12.4 Å². The Morgan fingerprint density at radius 3 is 2.43 bits per heavy atom. The van der Waals surface area contributed by atoms with Crippen LogP contribution in [0.5, 0.6) is 0 Å². The molecular weight excluding hydrogens is 207 g/mol. The molecule has 0 saturated carbocycles. The number of carbonyl (C=O) groups is 1. The summed E-state index contributed by atoms with van der Waals surface area (Å²) in [4.78, 5) is 10.8. The lowest BCUT2D eigenvalue weighted by atomic mass is 10.2. The fourth-order valence-corrected chi connectivity index (χ4v) is 0.873. The second-order valence-electron chi connectivity index (χ2n) is 2.56. The Kier molecular flexibility index (Phi) is 5.64. The van der Waals surface area contributed by atoms with Crippen molar-refractivity contribution in [2.75, 3.05) is 7.05 Å². The first-order chi connectivity index (χ1) is 6.22. The second-order valence-corrected chi connectivity index (χ2v) is 2.56. The van der Waals surface area contributed by atoms with Gasteiger partial charge in [0.2, 0.25) is 0 Å². The Morgan fingerprint density at radius 1 is 1.36 bits per heavy atom. The minimum Gasteiger partial charge on any atom is -0.341 e. The van der Waals surface area contributed by atoms with E-state index >= 15 is 0 Å². The number of carbonyl (C=O) groups excluding carboxylic acids is 1. The monoisotopic (exact) mass is 218 g/mol. The Hall–Kier alpha value is -1.29. The molecule has 0 bridgehead atoms. The van der Waals surface area contributed by atoms with Crippen LogP contribution < -0.4 is 10.6 Å². The first-order valence-electron chi connectivity index (χ1n) is 3.92. The number of amides is 2. The molecule has 1 aromatic rings. The lowest BCUT2D eigenvalue weighted by Gasteiger charge is -2.03. The maximum Gasteiger partial charge on any atom is 0.314 e. The molecule has 0 saturated heterocycles. The summed E-state index contributed by atoms with van der Waals surface area (Å²) in [6, 6.07) is 5.74. The van der Waals surface area contributed by atoms with Crippen molar-refractivity contribution in [3.8, 4) is 0 Å². The van der Waals surface area contributed by atoms with Crippen molar-refractivity contribution in [1.82, 2.24) is 10.6 Å². The van der Waals surface area contributed by atoms with Gasteiger partial charge in [-0.2, -0.15) is 0 Å². The van der Waals surface area contributed by atoms with Crippen LogP contribution in [0.2, 0.25) is 0 Å². The van der Waals surface area contributed by atoms with E-state index in [0.29, 0.717) is 6.54 Å². The molecule has 1 rings (SSSR count). The van der Waals surface area contributed by atoms with Crippen molar-refractivity contribution in [3.63, 3.8) is 0 Å². The number of hydrogen-bond acceptors (Lipinski definition) is 1. The van der Waals surface area contributed by atoms with E-state index in [1.165, 1.54) is 12.1 Å². The molecule has 0 aliphatic carbocycles.